The highest BCUT2D eigenvalue weighted by Gasteiger charge is 2.36. The summed E-state index contributed by atoms with van der Waals surface area (Å²) in [5, 5.41) is 4.07. The van der Waals surface area contributed by atoms with E-state index in [9.17, 15) is 8.42 Å². The van der Waals surface area contributed by atoms with Crippen molar-refractivity contribution in [1.82, 2.24) is 14.1 Å². The van der Waals surface area contributed by atoms with Gasteiger partial charge in [-0.05, 0) is 19.9 Å². The number of nitrogens with zero attached hydrogens (tertiary/aromatic N) is 3. The van der Waals surface area contributed by atoms with Crippen molar-refractivity contribution in [1.29, 1.82) is 0 Å². The molecule has 1 aromatic rings. The number of hydrogen-bond acceptors (Lipinski definition) is 4. The van der Waals surface area contributed by atoms with E-state index in [2.05, 4.69) is 5.10 Å². The third-order valence-electron chi connectivity index (χ3n) is 2.79. The van der Waals surface area contributed by atoms with Crippen molar-refractivity contribution in [2.75, 3.05) is 13.1 Å². The van der Waals surface area contributed by atoms with Gasteiger partial charge in [-0.3, -0.25) is 4.68 Å². The summed E-state index contributed by atoms with van der Waals surface area (Å²) in [7, 11) is -1.95. The molecule has 0 unspecified atom stereocenters. The minimum atomic E-state index is -3.55. The topological polar surface area (TPSA) is 81.2 Å². The Balaban J connectivity index is 3.26. The van der Waals surface area contributed by atoms with Crippen molar-refractivity contribution >= 4 is 10.0 Å². The van der Waals surface area contributed by atoms with Crippen LogP contribution in [0.5, 0.6) is 0 Å². The lowest BCUT2D eigenvalue weighted by molar-refractivity contribution is 0.242. The van der Waals surface area contributed by atoms with E-state index in [1.165, 1.54) is 21.3 Å². The van der Waals surface area contributed by atoms with Crippen LogP contribution in [0.1, 0.15) is 20.8 Å². The number of aryl methyl sites for hydroxylation is 1. The summed E-state index contributed by atoms with van der Waals surface area (Å²) < 4.78 is 27.7. The Kier molecular flexibility index (Phi) is 3.95. The van der Waals surface area contributed by atoms with Gasteiger partial charge < -0.3 is 5.73 Å². The Labute approximate surface area is 102 Å². The Hall–Kier alpha value is -0.920. The molecular formula is C10H20N4O2S. The molecule has 7 heteroatoms. The number of rotatable bonds is 5. The van der Waals surface area contributed by atoms with Crippen LogP contribution in [0.4, 0.5) is 0 Å². The van der Waals surface area contributed by atoms with Gasteiger partial charge in [-0.2, -0.15) is 9.40 Å². The standard InChI is InChI=1S/C10H20N4O2S/c1-5-14(10(2,3)8-11)17(15,16)9-6-7-12-13(9)4/h6-7H,5,8,11H2,1-4H3. The minimum absolute atomic E-state index is 0.181. The van der Waals surface area contributed by atoms with E-state index >= 15 is 0 Å². The van der Waals surface area contributed by atoms with Gasteiger partial charge in [-0.25, -0.2) is 8.42 Å². The predicted molar refractivity (Wildman–Crippen MR) is 65.9 cm³/mol. The number of hydrogen-bond donors (Lipinski definition) is 1. The molecule has 6 nitrogen and oxygen atoms in total. The van der Waals surface area contributed by atoms with Crippen molar-refractivity contribution in [3.05, 3.63) is 12.3 Å². The van der Waals surface area contributed by atoms with Gasteiger partial charge in [-0.15, -0.1) is 0 Å². The molecule has 17 heavy (non-hydrogen) atoms. The fourth-order valence-electron chi connectivity index (χ4n) is 1.75. The maximum absolute atomic E-state index is 12.5. The lowest BCUT2D eigenvalue weighted by Gasteiger charge is -2.35. The molecule has 1 aromatic heterocycles. The summed E-state index contributed by atoms with van der Waals surface area (Å²) in [6.45, 7) is 6.05. The summed E-state index contributed by atoms with van der Waals surface area (Å²) in [5.41, 5.74) is 5.03. The van der Waals surface area contributed by atoms with Crippen molar-refractivity contribution in [3.8, 4) is 0 Å². The summed E-state index contributed by atoms with van der Waals surface area (Å²) in [6.07, 6.45) is 1.47. The number of aromatic nitrogens is 2. The van der Waals surface area contributed by atoms with Gasteiger partial charge in [0.2, 0.25) is 0 Å². The third-order valence-corrected chi connectivity index (χ3v) is 5.05. The van der Waals surface area contributed by atoms with E-state index in [0.717, 1.165) is 0 Å². The second-order valence-electron chi connectivity index (χ2n) is 4.48. The second kappa shape index (κ2) is 4.75. The molecule has 1 rings (SSSR count). The highest BCUT2D eigenvalue weighted by Crippen LogP contribution is 2.23. The van der Waals surface area contributed by atoms with E-state index < -0.39 is 15.6 Å². The third kappa shape index (κ3) is 2.51. The Bertz CT molecular complexity index is 478. The van der Waals surface area contributed by atoms with Crippen LogP contribution in [-0.4, -0.2) is 41.1 Å². The molecular weight excluding hydrogens is 240 g/mol. The van der Waals surface area contributed by atoms with Crippen molar-refractivity contribution < 1.29 is 8.42 Å². The van der Waals surface area contributed by atoms with Crippen molar-refractivity contribution in [2.24, 2.45) is 12.8 Å². The number of nitrogens with two attached hydrogens (primary N) is 1. The smallest absolute Gasteiger partial charge is 0.260 e. The van der Waals surface area contributed by atoms with Crippen molar-refractivity contribution in [2.45, 2.75) is 31.3 Å². The first-order chi connectivity index (χ1) is 7.77. The molecule has 0 fully saturated rings. The Morgan fingerprint density at radius 3 is 2.47 bits per heavy atom. The average molecular weight is 260 g/mol. The van der Waals surface area contributed by atoms with Crippen LogP contribution < -0.4 is 5.73 Å². The maximum Gasteiger partial charge on any atom is 0.260 e. The molecule has 1 heterocycles. The zero-order chi connectivity index (χ0) is 13.3. The lowest BCUT2D eigenvalue weighted by Crippen LogP contribution is -2.52. The van der Waals surface area contributed by atoms with Gasteiger partial charge in [0.15, 0.2) is 5.03 Å². The molecule has 2 N–H and O–H groups in total. The molecule has 98 valence electrons. The first-order valence-electron chi connectivity index (χ1n) is 5.48. The highest BCUT2D eigenvalue weighted by molar-refractivity contribution is 7.89. The first kappa shape index (κ1) is 14.1. The summed E-state index contributed by atoms with van der Waals surface area (Å²) >= 11 is 0. The largest absolute Gasteiger partial charge is 0.329 e. The predicted octanol–water partition coefficient (Wildman–Crippen LogP) is 0.168. The van der Waals surface area contributed by atoms with Gasteiger partial charge in [0, 0.05) is 25.7 Å². The van der Waals surface area contributed by atoms with Gasteiger partial charge in [0.05, 0.1) is 6.20 Å². The zero-order valence-electron chi connectivity index (χ0n) is 10.7. The molecule has 0 saturated carbocycles. The Morgan fingerprint density at radius 1 is 1.53 bits per heavy atom. The molecule has 0 spiro atoms. The van der Waals surface area contributed by atoms with Gasteiger partial charge in [-0.1, -0.05) is 6.92 Å². The first-order valence-corrected chi connectivity index (χ1v) is 6.92. The molecule has 0 radical (unpaired) electrons. The lowest BCUT2D eigenvalue weighted by atomic mass is 10.1. The van der Waals surface area contributed by atoms with E-state index in [-0.39, 0.29) is 11.6 Å². The molecule has 0 atom stereocenters. The molecule has 0 aliphatic carbocycles. The number of sulfonamides is 1. The number of likely N-dealkylation sites (N-methyl/N-ethyl adjacent to an activating group) is 1. The molecule has 0 bridgehead atoms. The highest BCUT2D eigenvalue weighted by atomic mass is 32.2. The quantitative estimate of drug-likeness (QED) is 0.818. The average Bonchev–Trinajstić information content (AvgIpc) is 2.65. The molecule has 0 aromatic carbocycles. The summed E-state index contributed by atoms with van der Waals surface area (Å²) in [5.74, 6) is 0. The summed E-state index contributed by atoms with van der Waals surface area (Å²) in [6, 6.07) is 1.49. The SMILES string of the molecule is CCN(C(C)(C)CN)S(=O)(=O)c1ccnn1C. The van der Waals surface area contributed by atoms with Crippen molar-refractivity contribution in [3.63, 3.8) is 0 Å². The van der Waals surface area contributed by atoms with E-state index in [1.807, 2.05) is 13.8 Å². The van der Waals surface area contributed by atoms with E-state index in [1.54, 1.807) is 14.0 Å². The van der Waals surface area contributed by atoms with Crippen LogP contribution >= 0.6 is 0 Å². The normalized spacial score (nSPS) is 13.3. The Morgan fingerprint density at radius 2 is 2.12 bits per heavy atom. The monoisotopic (exact) mass is 260 g/mol. The maximum atomic E-state index is 12.5. The fourth-order valence-corrected chi connectivity index (χ4v) is 3.66. The van der Waals surface area contributed by atoms with Crippen LogP contribution in [0.2, 0.25) is 0 Å². The van der Waals surface area contributed by atoms with Crippen LogP contribution in [-0.2, 0) is 17.1 Å². The molecule has 0 amide bonds. The van der Waals surface area contributed by atoms with Crippen LogP contribution in [0.15, 0.2) is 17.3 Å². The molecule has 0 aliphatic heterocycles. The van der Waals surface area contributed by atoms with Crippen LogP contribution in [0, 0.1) is 0 Å². The molecule has 0 aliphatic rings. The second-order valence-corrected chi connectivity index (χ2v) is 6.29. The zero-order valence-corrected chi connectivity index (χ0v) is 11.5. The molecule has 0 saturated heterocycles. The van der Waals surface area contributed by atoms with Gasteiger partial charge in [0.1, 0.15) is 0 Å². The fraction of sp³-hybridized carbons (Fsp3) is 0.700. The van der Waals surface area contributed by atoms with E-state index in [0.29, 0.717) is 6.54 Å². The van der Waals surface area contributed by atoms with Crippen LogP contribution in [0.3, 0.4) is 0 Å². The van der Waals surface area contributed by atoms with E-state index in [4.69, 9.17) is 5.73 Å². The van der Waals surface area contributed by atoms with Gasteiger partial charge in [0.25, 0.3) is 10.0 Å². The van der Waals surface area contributed by atoms with Gasteiger partial charge >= 0.3 is 0 Å². The summed E-state index contributed by atoms with van der Waals surface area (Å²) in [4.78, 5) is 0. The van der Waals surface area contributed by atoms with Crippen LogP contribution in [0.25, 0.3) is 0 Å². The minimum Gasteiger partial charge on any atom is -0.329 e.